The molecule has 1 aliphatic rings. The molecule has 0 saturated heterocycles. The Hall–Kier alpha value is -3.09. The Kier molecular flexibility index (Phi) is 5.90. The van der Waals surface area contributed by atoms with Gasteiger partial charge in [0.1, 0.15) is 5.69 Å². The van der Waals surface area contributed by atoms with Gasteiger partial charge in [0.05, 0.1) is 0 Å². The van der Waals surface area contributed by atoms with Crippen LogP contribution in [-0.2, 0) is 6.54 Å². The lowest BCUT2D eigenvalue weighted by molar-refractivity contribution is 0.0787. The molecule has 1 aromatic heterocycles. The maximum atomic E-state index is 12.4. The molecule has 0 fully saturated rings. The Morgan fingerprint density at radius 1 is 1.19 bits per heavy atom. The van der Waals surface area contributed by atoms with Crippen LogP contribution in [0, 0.1) is 0 Å². The normalized spacial score (nSPS) is 11.9. The third-order valence-corrected chi connectivity index (χ3v) is 4.33. The minimum absolute atomic E-state index is 0.186. The zero-order valence-electron chi connectivity index (χ0n) is 15.5. The first-order valence-corrected chi connectivity index (χ1v) is 8.96. The number of rotatable bonds is 7. The zero-order chi connectivity index (χ0) is 19.2. The summed E-state index contributed by atoms with van der Waals surface area (Å²) in [7, 11) is 1.74. The van der Waals surface area contributed by atoms with Gasteiger partial charge in [0.25, 0.3) is 11.8 Å². The highest BCUT2D eigenvalue weighted by Gasteiger charge is 2.16. The van der Waals surface area contributed by atoms with E-state index in [0.717, 1.165) is 18.4 Å². The first kappa shape index (κ1) is 18.7. The van der Waals surface area contributed by atoms with Crippen LogP contribution in [0.2, 0.25) is 0 Å². The lowest BCUT2D eigenvalue weighted by atomic mass is 10.1. The molecule has 2 amide bonds. The second-order valence-electron chi connectivity index (χ2n) is 6.38. The number of hydrogen-bond donors (Lipinski definition) is 1. The molecule has 0 radical (unpaired) electrons. The quantitative estimate of drug-likeness (QED) is 0.811. The van der Waals surface area contributed by atoms with Crippen molar-refractivity contribution in [2.75, 3.05) is 20.4 Å². The van der Waals surface area contributed by atoms with Gasteiger partial charge in [0.2, 0.25) is 6.79 Å². The van der Waals surface area contributed by atoms with Gasteiger partial charge < -0.3 is 19.7 Å². The molecular weight excluding hydrogens is 346 g/mol. The average Bonchev–Trinajstić information content (AvgIpc) is 3.17. The van der Waals surface area contributed by atoms with Crippen molar-refractivity contribution in [3.05, 3.63) is 53.3 Å². The summed E-state index contributed by atoms with van der Waals surface area (Å²) in [6.45, 7) is 3.29. The molecule has 0 spiro atoms. The number of nitrogens with zero attached hydrogens (tertiary/aromatic N) is 2. The van der Waals surface area contributed by atoms with Crippen LogP contribution in [0.15, 0.2) is 36.5 Å². The molecule has 3 rings (SSSR count). The molecule has 1 N–H and O–H groups in total. The number of amides is 2. The van der Waals surface area contributed by atoms with Crippen LogP contribution in [0.3, 0.4) is 0 Å². The van der Waals surface area contributed by atoms with Gasteiger partial charge in [0.15, 0.2) is 11.5 Å². The number of aromatic nitrogens is 1. The lowest BCUT2D eigenvalue weighted by Crippen LogP contribution is -2.29. The Morgan fingerprint density at radius 3 is 2.81 bits per heavy atom. The lowest BCUT2D eigenvalue weighted by Gasteiger charge is -2.16. The third kappa shape index (κ3) is 4.55. The van der Waals surface area contributed by atoms with Crippen LogP contribution in [0.5, 0.6) is 11.5 Å². The second-order valence-corrected chi connectivity index (χ2v) is 6.38. The number of fused-ring (bicyclic) bond motifs is 1. The summed E-state index contributed by atoms with van der Waals surface area (Å²) < 4.78 is 10.6. The van der Waals surface area contributed by atoms with E-state index in [4.69, 9.17) is 9.47 Å². The number of carbonyl (C=O) groups excluding carboxylic acids is 2. The minimum Gasteiger partial charge on any atom is -0.454 e. The van der Waals surface area contributed by atoms with Crippen molar-refractivity contribution in [3.8, 4) is 11.5 Å². The fraction of sp³-hybridized carbons (Fsp3) is 0.350. The molecule has 1 aliphatic heterocycles. The van der Waals surface area contributed by atoms with Crippen LogP contribution in [0.1, 0.15) is 46.2 Å². The van der Waals surface area contributed by atoms with Crippen molar-refractivity contribution in [3.63, 3.8) is 0 Å². The van der Waals surface area contributed by atoms with Crippen LogP contribution in [0.4, 0.5) is 0 Å². The number of benzene rings is 1. The maximum absolute atomic E-state index is 12.4. The number of pyridine rings is 1. The van der Waals surface area contributed by atoms with Crippen molar-refractivity contribution in [2.45, 2.75) is 26.3 Å². The van der Waals surface area contributed by atoms with E-state index in [1.54, 1.807) is 18.0 Å². The smallest absolute Gasteiger partial charge is 0.272 e. The Labute approximate surface area is 158 Å². The van der Waals surface area contributed by atoms with Gasteiger partial charge in [-0.15, -0.1) is 0 Å². The Morgan fingerprint density at radius 2 is 2.00 bits per heavy atom. The van der Waals surface area contributed by atoms with Crippen molar-refractivity contribution < 1.29 is 19.1 Å². The first-order valence-electron chi connectivity index (χ1n) is 8.96. The molecule has 7 heteroatoms. The Bertz CT molecular complexity index is 838. The number of carbonyl (C=O) groups is 2. The summed E-state index contributed by atoms with van der Waals surface area (Å²) in [5.41, 5.74) is 1.57. The fourth-order valence-corrected chi connectivity index (χ4v) is 2.72. The molecule has 2 heterocycles. The summed E-state index contributed by atoms with van der Waals surface area (Å²) in [5.74, 6) is 0.928. The number of hydrogen-bond acceptors (Lipinski definition) is 5. The number of unbranched alkanes of at least 4 members (excludes halogenated alkanes) is 1. The number of ether oxygens (including phenoxy) is 2. The first-order chi connectivity index (χ1) is 13.1. The monoisotopic (exact) mass is 369 g/mol. The van der Waals surface area contributed by atoms with Crippen LogP contribution >= 0.6 is 0 Å². The second kappa shape index (κ2) is 8.53. The molecule has 27 heavy (non-hydrogen) atoms. The van der Waals surface area contributed by atoms with Crippen molar-refractivity contribution in [2.24, 2.45) is 0 Å². The summed E-state index contributed by atoms with van der Waals surface area (Å²) >= 11 is 0. The van der Waals surface area contributed by atoms with Gasteiger partial charge in [-0.1, -0.05) is 19.4 Å². The highest BCUT2D eigenvalue weighted by Crippen LogP contribution is 2.32. The minimum atomic E-state index is -0.264. The van der Waals surface area contributed by atoms with Gasteiger partial charge in [0, 0.05) is 31.9 Å². The highest BCUT2D eigenvalue weighted by molar-refractivity contribution is 5.98. The molecule has 0 unspecified atom stereocenters. The predicted octanol–water partition coefficient (Wildman–Crippen LogP) is 2.61. The maximum Gasteiger partial charge on any atom is 0.272 e. The van der Waals surface area contributed by atoms with Gasteiger partial charge in [-0.25, -0.2) is 0 Å². The summed E-state index contributed by atoms with van der Waals surface area (Å²) in [6, 6.07) is 8.65. The van der Waals surface area contributed by atoms with E-state index in [-0.39, 0.29) is 24.3 Å². The number of nitrogens with one attached hydrogen (secondary N) is 1. The highest BCUT2D eigenvalue weighted by atomic mass is 16.7. The van der Waals surface area contributed by atoms with Crippen molar-refractivity contribution >= 4 is 11.8 Å². The van der Waals surface area contributed by atoms with Crippen LogP contribution in [-0.4, -0.2) is 42.1 Å². The molecule has 0 aliphatic carbocycles. The van der Waals surface area contributed by atoms with E-state index in [1.807, 2.05) is 18.2 Å². The molecule has 2 aromatic rings. The Balaban J connectivity index is 1.62. The molecule has 1 aromatic carbocycles. The fourth-order valence-electron chi connectivity index (χ4n) is 2.72. The van der Waals surface area contributed by atoms with E-state index in [2.05, 4.69) is 17.2 Å². The van der Waals surface area contributed by atoms with Gasteiger partial charge >= 0.3 is 0 Å². The molecular formula is C20H23N3O4. The van der Waals surface area contributed by atoms with Crippen LogP contribution in [0.25, 0.3) is 0 Å². The summed E-state index contributed by atoms with van der Waals surface area (Å²) in [6.07, 6.45) is 3.42. The molecule has 0 saturated carbocycles. The topological polar surface area (TPSA) is 80.8 Å². The van der Waals surface area contributed by atoms with E-state index in [9.17, 15) is 9.59 Å². The predicted molar refractivity (Wildman–Crippen MR) is 99.8 cm³/mol. The van der Waals surface area contributed by atoms with E-state index in [0.29, 0.717) is 30.2 Å². The van der Waals surface area contributed by atoms with Gasteiger partial charge in [-0.3, -0.25) is 14.6 Å². The summed E-state index contributed by atoms with van der Waals surface area (Å²) in [5, 5.41) is 2.85. The largest absolute Gasteiger partial charge is 0.454 e. The van der Waals surface area contributed by atoms with E-state index in [1.165, 1.54) is 12.3 Å². The molecule has 7 nitrogen and oxygen atoms in total. The van der Waals surface area contributed by atoms with Crippen LogP contribution < -0.4 is 14.8 Å². The SMILES string of the molecule is CCCCN(C)C(=O)c1cc(C(=O)NCc2ccc3c(c2)OCO3)ccn1. The van der Waals surface area contributed by atoms with Crippen molar-refractivity contribution in [1.82, 2.24) is 15.2 Å². The molecule has 142 valence electrons. The van der Waals surface area contributed by atoms with Gasteiger partial charge in [-0.05, 0) is 36.2 Å². The average molecular weight is 369 g/mol. The zero-order valence-corrected chi connectivity index (χ0v) is 15.5. The third-order valence-electron chi connectivity index (χ3n) is 4.33. The molecule has 0 atom stereocenters. The standard InChI is InChI=1S/C20H23N3O4/c1-3-4-9-23(2)20(25)16-11-15(7-8-21-16)19(24)22-12-14-5-6-17-18(10-14)27-13-26-17/h5-8,10-11H,3-4,9,12-13H2,1-2H3,(H,22,24). The molecule has 0 bridgehead atoms. The van der Waals surface area contributed by atoms with Gasteiger partial charge in [-0.2, -0.15) is 0 Å². The van der Waals surface area contributed by atoms with E-state index < -0.39 is 0 Å². The van der Waals surface area contributed by atoms with Crippen molar-refractivity contribution in [1.29, 1.82) is 0 Å². The summed E-state index contributed by atoms with van der Waals surface area (Å²) in [4.78, 5) is 30.6. The van der Waals surface area contributed by atoms with E-state index >= 15 is 0 Å².